The van der Waals surface area contributed by atoms with Crippen LogP contribution < -0.4 is 10.2 Å². The summed E-state index contributed by atoms with van der Waals surface area (Å²) in [6.07, 6.45) is 7.50. The van der Waals surface area contributed by atoms with E-state index in [1.807, 2.05) is 23.1 Å². The number of anilines is 1. The van der Waals surface area contributed by atoms with Crippen LogP contribution in [0, 0.1) is 0 Å². The Balaban J connectivity index is 1.89. The van der Waals surface area contributed by atoms with Crippen molar-refractivity contribution in [1.29, 1.82) is 0 Å². The highest BCUT2D eigenvalue weighted by molar-refractivity contribution is 5.97. The number of rotatable bonds is 3. The maximum Gasteiger partial charge on any atom is 0.251 e. The average Bonchev–Trinajstić information content (AvgIpc) is 2.74. The number of nitrogens with zero attached hydrogens (tertiary/aromatic N) is 2. The Hall–Kier alpha value is -1.92. The van der Waals surface area contributed by atoms with Crippen LogP contribution in [0.5, 0.6) is 0 Å². The molecule has 2 heterocycles. The van der Waals surface area contributed by atoms with Gasteiger partial charge < -0.3 is 15.0 Å². The summed E-state index contributed by atoms with van der Waals surface area (Å²) in [7, 11) is 0. The fourth-order valence-electron chi connectivity index (χ4n) is 4.53. The Kier molecular flexibility index (Phi) is 8.90. The van der Waals surface area contributed by atoms with Crippen molar-refractivity contribution in [1.82, 2.24) is 10.2 Å². The molecular weight excluding hydrogens is 390 g/mol. The maximum atomic E-state index is 13.0. The van der Waals surface area contributed by atoms with Crippen LogP contribution >= 0.6 is 0 Å². The van der Waals surface area contributed by atoms with Gasteiger partial charge in [-0.05, 0) is 69.8 Å². The molecule has 6 nitrogen and oxygen atoms in total. The Labute approximate surface area is 187 Å². The molecule has 0 saturated carbocycles. The third kappa shape index (κ3) is 6.78. The van der Waals surface area contributed by atoms with E-state index in [9.17, 15) is 9.59 Å². The highest BCUT2D eigenvalue weighted by Gasteiger charge is 2.22. The van der Waals surface area contributed by atoms with Crippen molar-refractivity contribution in [2.24, 2.45) is 0 Å². The smallest absolute Gasteiger partial charge is 0.251 e. The van der Waals surface area contributed by atoms with E-state index in [0.717, 1.165) is 56.6 Å². The van der Waals surface area contributed by atoms with Gasteiger partial charge in [0.25, 0.3) is 5.91 Å². The largest absolute Gasteiger partial charge is 0.381 e. The summed E-state index contributed by atoms with van der Waals surface area (Å²) in [5, 5.41) is 3.17. The summed E-state index contributed by atoms with van der Waals surface area (Å²) in [6.45, 7) is 9.99. The number of benzene rings is 1. The number of carbonyl (C=O) groups is 2. The summed E-state index contributed by atoms with van der Waals surface area (Å²) < 4.78 is 5.40. The average molecular weight is 430 g/mol. The summed E-state index contributed by atoms with van der Waals surface area (Å²) >= 11 is 0. The molecule has 1 fully saturated rings. The minimum atomic E-state index is -0.0358. The molecule has 1 N–H and O–H groups in total. The van der Waals surface area contributed by atoms with Gasteiger partial charge in [-0.2, -0.15) is 0 Å². The molecule has 2 aliphatic heterocycles. The molecule has 31 heavy (non-hydrogen) atoms. The van der Waals surface area contributed by atoms with Crippen molar-refractivity contribution >= 4 is 17.5 Å². The first-order valence-electron chi connectivity index (χ1n) is 12.0. The number of carbonyl (C=O) groups excluding carboxylic acids is 2. The van der Waals surface area contributed by atoms with E-state index in [2.05, 4.69) is 24.1 Å². The number of fused-ring (bicyclic) bond motifs is 1. The molecule has 0 unspecified atom stereocenters. The molecule has 0 spiro atoms. The molecule has 6 heteroatoms. The molecule has 1 aromatic rings. The zero-order chi connectivity index (χ0) is 22.2. The van der Waals surface area contributed by atoms with E-state index in [4.69, 9.17) is 4.74 Å². The summed E-state index contributed by atoms with van der Waals surface area (Å²) in [5.74, 6) is 0.0279. The zero-order valence-corrected chi connectivity index (χ0v) is 19.5. The van der Waals surface area contributed by atoms with Crippen LogP contribution in [-0.4, -0.2) is 55.1 Å². The lowest BCUT2D eigenvalue weighted by Crippen LogP contribution is -2.39. The molecule has 3 rings (SSSR count). The van der Waals surface area contributed by atoms with Crippen LogP contribution in [0.2, 0.25) is 0 Å². The van der Waals surface area contributed by atoms with Crippen molar-refractivity contribution in [3.8, 4) is 0 Å². The second kappa shape index (κ2) is 11.6. The third-order valence-corrected chi connectivity index (χ3v) is 6.50. The Morgan fingerprint density at radius 1 is 1.03 bits per heavy atom. The van der Waals surface area contributed by atoms with Crippen molar-refractivity contribution in [2.75, 3.05) is 31.2 Å². The lowest BCUT2D eigenvalue weighted by molar-refractivity contribution is -0.116. The molecule has 1 aromatic carbocycles. The standard InChI is InChI=1S/C25H39N3O3/c1-19(2)27-13-7-5-4-6-8-14-28(20(3)29)24-10-9-21(17-22(24)18-27)25(30)26-23-11-15-31-16-12-23/h9-10,17,19,23H,4-8,11-16,18H2,1-3H3,(H,26,30). The van der Waals surface area contributed by atoms with Crippen LogP contribution in [0.4, 0.5) is 5.69 Å². The number of hydrogen-bond acceptors (Lipinski definition) is 4. The van der Waals surface area contributed by atoms with Crippen molar-refractivity contribution in [3.63, 3.8) is 0 Å². The second-order valence-electron chi connectivity index (χ2n) is 9.21. The molecule has 0 aromatic heterocycles. The van der Waals surface area contributed by atoms with E-state index >= 15 is 0 Å². The minimum Gasteiger partial charge on any atom is -0.381 e. The number of amides is 2. The molecular formula is C25H39N3O3. The molecule has 2 aliphatic rings. The van der Waals surface area contributed by atoms with Gasteiger partial charge in [-0.15, -0.1) is 0 Å². The third-order valence-electron chi connectivity index (χ3n) is 6.50. The van der Waals surface area contributed by atoms with Gasteiger partial charge in [0.2, 0.25) is 5.91 Å². The normalized spacial score (nSPS) is 19.9. The van der Waals surface area contributed by atoms with Gasteiger partial charge in [0.15, 0.2) is 0 Å². The lowest BCUT2D eigenvalue weighted by atomic mass is 10.0. The first-order valence-corrected chi connectivity index (χ1v) is 12.0. The molecule has 2 amide bonds. The van der Waals surface area contributed by atoms with E-state index in [1.54, 1.807) is 6.92 Å². The van der Waals surface area contributed by atoms with Crippen molar-refractivity contribution in [3.05, 3.63) is 29.3 Å². The van der Waals surface area contributed by atoms with E-state index in [0.29, 0.717) is 24.8 Å². The molecule has 0 atom stereocenters. The number of nitrogens with one attached hydrogen (secondary N) is 1. The highest BCUT2D eigenvalue weighted by Crippen LogP contribution is 2.27. The monoisotopic (exact) mass is 429 g/mol. The molecule has 0 bridgehead atoms. The van der Waals surface area contributed by atoms with E-state index in [1.165, 1.54) is 19.3 Å². The van der Waals surface area contributed by atoms with Gasteiger partial charge in [-0.1, -0.05) is 19.3 Å². The molecule has 1 saturated heterocycles. The molecule has 172 valence electrons. The predicted octanol–water partition coefficient (Wildman–Crippen LogP) is 4.12. The quantitative estimate of drug-likeness (QED) is 0.785. The lowest BCUT2D eigenvalue weighted by Gasteiger charge is -2.31. The van der Waals surface area contributed by atoms with Crippen LogP contribution in [0.15, 0.2) is 18.2 Å². The fraction of sp³-hybridized carbons (Fsp3) is 0.680. The van der Waals surface area contributed by atoms with Crippen LogP contribution in [0.3, 0.4) is 0 Å². The minimum absolute atomic E-state index is 0.0358. The predicted molar refractivity (Wildman–Crippen MR) is 124 cm³/mol. The number of hydrogen-bond donors (Lipinski definition) is 1. The van der Waals surface area contributed by atoms with E-state index < -0.39 is 0 Å². The van der Waals surface area contributed by atoms with Gasteiger partial charge in [0.1, 0.15) is 0 Å². The Morgan fingerprint density at radius 2 is 1.71 bits per heavy atom. The highest BCUT2D eigenvalue weighted by atomic mass is 16.5. The first kappa shape index (κ1) is 23.7. The van der Waals surface area contributed by atoms with Crippen LogP contribution in [-0.2, 0) is 16.1 Å². The SMILES string of the molecule is CC(=O)N1CCCCCCCN(C(C)C)Cc2cc(C(=O)NC3CCOCC3)ccc21. The Morgan fingerprint density at radius 3 is 2.39 bits per heavy atom. The fourth-order valence-corrected chi connectivity index (χ4v) is 4.53. The maximum absolute atomic E-state index is 13.0. The van der Waals surface area contributed by atoms with Gasteiger partial charge in [0.05, 0.1) is 0 Å². The van der Waals surface area contributed by atoms with Gasteiger partial charge in [0, 0.05) is 56.6 Å². The Bertz CT molecular complexity index is 744. The molecule has 0 radical (unpaired) electrons. The van der Waals surface area contributed by atoms with Crippen molar-refractivity contribution < 1.29 is 14.3 Å². The summed E-state index contributed by atoms with van der Waals surface area (Å²) in [4.78, 5) is 29.8. The van der Waals surface area contributed by atoms with Crippen molar-refractivity contribution in [2.45, 2.75) is 84.3 Å². The second-order valence-corrected chi connectivity index (χ2v) is 9.21. The van der Waals surface area contributed by atoms with Gasteiger partial charge in [-0.3, -0.25) is 14.5 Å². The van der Waals surface area contributed by atoms with E-state index in [-0.39, 0.29) is 17.9 Å². The number of ether oxygens (including phenoxy) is 1. The van der Waals surface area contributed by atoms with Gasteiger partial charge in [-0.25, -0.2) is 0 Å². The summed E-state index contributed by atoms with van der Waals surface area (Å²) in [6, 6.07) is 6.42. The first-order chi connectivity index (χ1) is 15.0. The molecule has 0 aliphatic carbocycles. The summed E-state index contributed by atoms with van der Waals surface area (Å²) in [5.41, 5.74) is 2.68. The zero-order valence-electron chi connectivity index (χ0n) is 19.5. The van der Waals surface area contributed by atoms with Crippen LogP contribution in [0.25, 0.3) is 0 Å². The topological polar surface area (TPSA) is 61.9 Å². The van der Waals surface area contributed by atoms with Crippen LogP contribution in [0.1, 0.15) is 81.6 Å². The van der Waals surface area contributed by atoms with Gasteiger partial charge >= 0.3 is 0 Å².